The number of nitrogens with zero attached hydrogens (tertiary/aromatic N) is 1. The molecule has 3 nitrogen and oxygen atoms in total. The fraction of sp³-hybridized carbons (Fsp3) is 0.385. The number of ketones is 1. The standard InChI is InChI=1S/C13H17NO2/c1-8-5-9(2)13(10(3)6-8)12(15)7-11(4)14-16/h5-6,16H,7H2,1-4H3. The minimum absolute atomic E-state index is 0.00491. The first kappa shape index (κ1) is 12.4. The van der Waals surface area contributed by atoms with Crippen LogP contribution in [0.15, 0.2) is 17.3 Å². The predicted molar refractivity (Wildman–Crippen MR) is 64.5 cm³/mol. The van der Waals surface area contributed by atoms with Gasteiger partial charge in [-0.15, -0.1) is 0 Å². The van der Waals surface area contributed by atoms with Gasteiger partial charge in [-0.05, 0) is 38.8 Å². The monoisotopic (exact) mass is 219 g/mol. The van der Waals surface area contributed by atoms with E-state index < -0.39 is 0 Å². The number of oxime groups is 1. The normalized spacial score (nSPS) is 11.6. The first-order valence-corrected chi connectivity index (χ1v) is 5.24. The van der Waals surface area contributed by atoms with Crippen LogP contribution in [0.2, 0.25) is 0 Å². The lowest BCUT2D eigenvalue weighted by molar-refractivity contribution is 0.0998. The van der Waals surface area contributed by atoms with Gasteiger partial charge in [0.1, 0.15) is 0 Å². The smallest absolute Gasteiger partial charge is 0.169 e. The van der Waals surface area contributed by atoms with Crippen molar-refractivity contribution in [2.45, 2.75) is 34.1 Å². The molecular weight excluding hydrogens is 202 g/mol. The van der Waals surface area contributed by atoms with Crippen LogP contribution in [-0.2, 0) is 0 Å². The Balaban J connectivity index is 3.09. The highest BCUT2D eigenvalue weighted by atomic mass is 16.4. The molecule has 86 valence electrons. The maximum atomic E-state index is 12.0. The van der Waals surface area contributed by atoms with Gasteiger partial charge in [-0.3, -0.25) is 4.79 Å². The number of rotatable bonds is 3. The van der Waals surface area contributed by atoms with Crippen molar-refractivity contribution in [3.63, 3.8) is 0 Å². The number of Topliss-reactive ketones (excluding diaryl/α,β-unsaturated/α-hetero) is 1. The molecule has 16 heavy (non-hydrogen) atoms. The molecule has 0 fully saturated rings. The van der Waals surface area contributed by atoms with Gasteiger partial charge in [0.15, 0.2) is 5.78 Å². The zero-order chi connectivity index (χ0) is 12.3. The molecule has 0 aliphatic heterocycles. The second kappa shape index (κ2) is 4.92. The fourth-order valence-electron chi connectivity index (χ4n) is 1.98. The van der Waals surface area contributed by atoms with Gasteiger partial charge >= 0.3 is 0 Å². The van der Waals surface area contributed by atoms with Crippen molar-refractivity contribution in [3.05, 3.63) is 34.4 Å². The average Bonchev–Trinajstić information content (AvgIpc) is 2.15. The minimum Gasteiger partial charge on any atom is -0.411 e. The van der Waals surface area contributed by atoms with E-state index in [4.69, 9.17) is 5.21 Å². The Morgan fingerprint density at radius 1 is 1.25 bits per heavy atom. The third kappa shape index (κ3) is 2.69. The van der Waals surface area contributed by atoms with E-state index in [1.165, 1.54) is 0 Å². The fourth-order valence-corrected chi connectivity index (χ4v) is 1.98. The average molecular weight is 219 g/mol. The summed E-state index contributed by atoms with van der Waals surface area (Å²) in [4.78, 5) is 12.0. The van der Waals surface area contributed by atoms with Crippen LogP contribution < -0.4 is 0 Å². The highest BCUT2D eigenvalue weighted by Gasteiger charge is 2.13. The van der Waals surface area contributed by atoms with Crippen LogP contribution >= 0.6 is 0 Å². The summed E-state index contributed by atoms with van der Waals surface area (Å²) in [6, 6.07) is 3.98. The maximum Gasteiger partial charge on any atom is 0.169 e. The molecule has 0 aromatic heterocycles. The lowest BCUT2D eigenvalue weighted by Crippen LogP contribution is -2.09. The molecule has 1 rings (SSSR count). The summed E-state index contributed by atoms with van der Waals surface area (Å²) in [7, 11) is 0. The van der Waals surface area contributed by atoms with E-state index in [2.05, 4.69) is 5.16 Å². The lowest BCUT2D eigenvalue weighted by atomic mass is 9.94. The number of hydrogen-bond acceptors (Lipinski definition) is 3. The van der Waals surface area contributed by atoms with Crippen molar-refractivity contribution in [2.75, 3.05) is 0 Å². The summed E-state index contributed by atoms with van der Waals surface area (Å²) in [6.07, 6.45) is 0.168. The Kier molecular flexibility index (Phi) is 3.82. The van der Waals surface area contributed by atoms with Crippen LogP contribution in [0.4, 0.5) is 0 Å². The van der Waals surface area contributed by atoms with Crippen LogP contribution in [0.3, 0.4) is 0 Å². The lowest BCUT2D eigenvalue weighted by Gasteiger charge is -2.09. The summed E-state index contributed by atoms with van der Waals surface area (Å²) < 4.78 is 0. The first-order valence-electron chi connectivity index (χ1n) is 5.24. The van der Waals surface area contributed by atoms with Gasteiger partial charge in [-0.25, -0.2) is 0 Å². The second-order valence-electron chi connectivity index (χ2n) is 4.21. The highest BCUT2D eigenvalue weighted by molar-refractivity contribution is 6.10. The summed E-state index contributed by atoms with van der Waals surface area (Å²) in [6.45, 7) is 7.50. The molecule has 0 spiro atoms. The molecule has 3 heteroatoms. The molecule has 1 aromatic carbocycles. The maximum absolute atomic E-state index is 12.0. The molecule has 0 radical (unpaired) electrons. The predicted octanol–water partition coefficient (Wildman–Crippen LogP) is 3.03. The van der Waals surface area contributed by atoms with Gasteiger partial charge in [-0.2, -0.15) is 0 Å². The second-order valence-corrected chi connectivity index (χ2v) is 4.21. The van der Waals surface area contributed by atoms with Gasteiger partial charge in [0.25, 0.3) is 0 Å². The number of carbonyl (C=O) groups excluding carboxylic acids is 1. The number of carbonyl (C=O) groups is 1. The van der Waals surface area contributed by atoms with E-state index in [0.717, 1.165) is 22.3 Å². The van der Waals surface area contributed by atoms with Crippen molar-refractivity contribution in [3.8, 4) is 0 Å². The number of hydrogen-bond donors (Lipinski definition) is 1. The molecule has 0 atom stereocenters. The zero-order valence-corrected chi connectivity index (χ0v) is 10.2. The first-order chi connectivity index (χ1) is 7.45. The largest absolute Gasteiger partial charge is 0.411 e. The van der Waals surface area contributed by atoms with Gasteiger partial charge < -0.3 is 5.21 Å². The topological polar surface area (TPSA) is 49.7 Å². The molecule has 1 N–H and O–H groups in total. The Bertz CT molecular complexity index is 424. The molecule has 0 heterocycles. The van der Waals surface area contributed by atoms with E-state index >= 15 is 0 Å². The van der Waals surface area contributed by atoms with Gasteiger partial charge in [0, 0.05) is 5.56 Å². The molecule has 0 saturated carbocycles. The van der Waals surface area contributed by atoms with Crippen LogP contribution in [-0.4, -0.2) is 16.7 Å². The Labute approximate surface area is 95.8 Å². The summed E-state index contributed by atoms with van der Waals surface area (Å²) in [5, 5.41) is 11.6. The Morgan fingerprint density at radius 2 is 1.75 bits per heavy atom. The molecule has 0 saturated heterocycles. The quantitative estimate of drug-likeness (QED) is 0.367. The molecular formula is C13H17NO2. The molecule has 0 amide bonds. The highest BCUT2D eigenvalue weighted by Crippen LogP contribution is 2.18. The van der Waals surface area contributed by atoms with E-state index in [1.807, 2.05) is 32.9 Å². The summed E-state index contributed by atoms with van der Waals surface area (Å²) in [5.74, 6) is 0.00491. The molecule has 1 aromatic rings. The third-order valence-corrected chi connectivity index (χ3v) is 2.54. The minimum atomic E-state index is 0.00491. The molecule has 0 bridgehead atoms. The van der Waals surface area contributed by atoms with Crippen LogP contribution in [0.1, 0.15) is 40.4 Å². The van der Waals surface area contributed by atoms with Crippen molar-refractivity contribution in [1.82, 2.24) is 0 Å². The van der Waals surface area contributed by atoms with E-state index in [-0.39, 0.29) is 12.2 Å². The number of aryl methyl sites for hydroxylation is 3. The molecule has 0 unspecified atom stereocenters. The van der Waals surface area contributed by atoms with Crippen molar-refractivity contribution in [2.24, 2.45) is 5.16 Å². The Hall–Kier alpha value is -1.64. The summed E-state index contributed by atoms with van der Waals surface area (Å²) in [5.41, 5.74) is 4.29. The molecule has 0 aliphatic carbocycles. The zero-order valence-electron chi connectivity index (χ0n) is 10.2. The van der Waals surface area contributed by atoms with Crippen molar-refractivity contribution < 1.29 is 10.0 Å². The van der Waals surface area contributed by atoms with E-state index in [9.17, 15) is 4.79 Å². The van der Waals surface area contributed by atoms with Crippen molar-refractivity contribution >= 4 is 11.5 Å². The van der Waals surface area contributed by atoms with Crippen LogP contribution in [0.5, 0.6) is 0 Å². The summed E-state index contributed by atoms with van der Waals surface area (Å²) >= 11 is 0. The van der Waals surface area contributed by atoms with E-state index in [0.29, 0.717) is 5.71 Å². The number of benzene rings is 1. The van der Waals surface area contributed by atoms with Gasteiger partial charge in [0.05, 0.1) is 12.1 Å². The van der Waals surface area contributed by atoms with Gasteiger partial charge in [0.2, 0.25) is 0 Å². The van der Waals surface area contributed by atoms with Crippen LogP contribution in [0, 0.1) is 20.8 Å². The Morgan fingerprint density at radius 3 is 2.19 bits per heavy atom. The molecule has 0 aliphatic rings. The van der Waals surface area contributed by atoms with Crippen molar-refractivity contribution in [1.29, 1.82) is 0 Å². The van der Waals surface area contributed by atoms with Gasteiger partial charge in [-0.1, -0.05) is 22.9 Å². The van der Waals surface area contributed by atoms with E-state index in [1.54, 1.807) is 6.92 Å². The third-order valence-electron chi connectivity index (χ3n) is 2.54. The SMILES string of the molecule is CC(CC(=O)c1c(C)cc(C)cc1C)=NO. The van der Waals surface area contributed by atoms with Crippen LogP contribution in [0.25, 0.3) is 0 Å².